The van der Waals surface area contributed by atoms with Crippen LogP contribution in [-0.2, 0) is 9.47 Å². The van der Waals surface area contributed by atoms with Gasteiger partial charge in [-0.1, -0.05) is 0 Å². The SMILES string of the molecule is FC(F)(I)C(F)(F)OC(F)(F)C(F)(F)C(F)(F)C(F)(F)OC(F)(F)C(F)(F)I. The standard InChI is InChI=1S/C8F16I2O2/c9-1(10,5(17,18)27-7(21,22)3(13,14)25)2(11,12)6(19,20)28-8(23,24)4(15,16)26. The van der Waals surface area contributed by atoms with E-state index in [2.05, 4.69) is 0 Å². The second-order valence-corrected chi connectivity index (χ2v) is 7.13. The van der Waals surface area contributed by atoms with E-state index in [4.69, 9.17) is 0 Å². The molecule has 0 unspecified atom stereocenters. The van der Waals surface area contributed by atoms with Crippen LogP contribution in [0.4, 0.5) is 70.2 Å². The highest BCUT2D eigenvalue weighted by atomic mass is 127. The summed E-state index contributed by atoms with van der Waals surface area (Å²) in [7, 11) is 0. The second kappa shape index (κ2) is 7.44. The van der Waals surface area contributed by atoms with Crippen molar-refractivity contribution in [2.45, 2.75) is 44.1 Å². The predicted molar refractivity (Wildman–Crippen MR) is 69.8 cm³/mol. The zero-order chi connectivity index (χ0) is 23.4. The Morgan fingerprint density at radius 1 is 0.357 bits per heavy atom. The molecule has 0 aromatic carbocycles. The molecule has 0 heterocycles. The van der Waals surface area contributed by atoms with Crippen LogP contribution in [0.2, 0.25) is 0 Å². The van der Waals surface area contributed by atoms with Crippen LogP contribution in [0.1, 0.15) is 0 Å². The average molecular weight is 686 g/mol. The van der Waals surface area contributed by atoms with Gasteiger partial charge in [-0.3, -0.25) is 0 Å². The van der Waals surface area contributed by atoms with E-state index in [0.29, 0.717) is 0 Å². The van der Waals surface area contributed by atoms with Crippen molar-refractivity contribution in [3.05, 3.63) is 0 Å². The molecule has 20 heteroatoms. The van der Waals surface area contributed by atoms with Crippen molar-refractivity contribution in [2.24, 2.45) is 0 Å². The van der Waals surface area contributed by atoms with Gasteiger partial charge >= 0.3 is 44.1 Å². The Bertz CT molecular complexity index is 514. The van der Waals surface area contributed by atoms with E-state index in [1.54, 1.807) is 9.47 Å². The van der Waals surface area contributed by atoms with Crippen molar-refractivity contribution in [1.29, 1.82) is 0 Å². The van der Waals surface area contributed by atoms with Gasteiger partial charge in [0.1, 0.15) is 0 Å². The Hall–Kier alpha value is 0.260. The van der Waals surface area contributed by atoms with Crippen molar-refractivity contribution >= 4 is 45.2 Å². The van der Waals surface area contributed by atoms with E-state index in [-0.39, 0.29) is 0 Å². The van der Waals surface area contributed by atoms with Gasteiger partial charge in [0.25, 0.3) is 0 Å². The molecular weight excluding hydrogens is 686 g/mol. The minimum absolute atomic E-state index is 0.679. The maximum atomic E-state index is 13.1. The molecule has 0 N–H and O–H groups in total. The summed E-state index contributed by atoms with van der Waals surface area (Å²) in [5, 5.41) is 0. The van der Waals surface area contributed by atoms with E-state index >= 15 is 0 Å². The monoisotopic (exact) mass is 686 g/mol. The molecular formula is C8F16I2O2. The third-order valence-corrected chi connectivity index (χ3v) is 3.55. The molecule has 0 atom stereocenters. The van der Waals surface area contributed by atoms with Crippen LogP contribution in [-0.4, -0.2) is 44.1 Å². The van der Waals surface area contributed by atoms with E-state index in [0.717, 1.165) is 0 Å². The second-order valence-electron chi connectivity index (χ2n) is 4.42. The molecule has 0 aromatic rings. The lowest BCUT2D eigenvalue weighted by atomic mass is 10.1. The fourth-order valence-electron chi connectivity index (χ4n) is 0.931. The zero-order valence-corrected chi connectivity index (χ0v) is 15.9. The topological polar surface area (TPSA) is 18.5 Å². The molecule has 0 aliphatic rings. The highest BCUT2D eigenvalue weighted by Gasteiger charge is 2.86. The minimum Gasteiger partial charge on any atom is -0.245 e. The van der Waals surface area contributed by atoms with Gasteiger partial charge in [-0.15, -0.1) is 0 Å². The maximum absolute atomic E-state index is 13.1. The van der Waals surface area contributed by atoms with E-state index in [9.17, 15) is 70.2 Å². The van der Waals surface area contributed by atoms with E-state index in [1.807, 2.05) is 0 Å². The van der Waals surface area contributed by atoms with E-state index in [1.165, 1.54) is 0 Å². The van der Waals surface area contributed by atoms with Crippen LogP contribution >= 0.6 is 45.2 Å². The Balaban J connectivity index is 6.09. The Labute approximate surface area is 169 Å². The molecule has 0 saturated carbocycles. The lowest BCUT2D eigenvalue weighted by Crippen LogP contribution is -2.66. The predicted octanol–water partition coefficient (Wildman–Crippen LogP) is 6.72. The summed E-state index contributed by atoms with van der Waals surface area (Å²) < 4.78 is 195. The summed E-state index contributed by atoms with van der Waals surface area (Å²) in [6.45, 7) is 0. The first kappa shape index (κ1) is 28.3. The number of alkyl halides is 18. The molecule has 0 spiro atoms. The van der Waals surface area contributed by atoms with Gasteiger partial charge in [-0.2, -0.15) is 70.2 Å². The summed E-state index contributed by atoms with van der Waals surface area (Å²) >= 11 is -1.36. The van der Waals surface area contributed by atoms with Crippen LogP contribution in [0.15, 0.2) is 0 Å². The summed E-state index contributed by atoms with van der Waals surface area (Å²) in [5.41, 5.74) is 0. The molecule has 170 valence electrons. The fourth-order valence-corrected chi connectivity index (χ4v) is 1.15. The van der Waals surface area contributed by atoms with Crippen molar-refractivity contribution in [3.63, 3.8) is 0 Å². The fraction of sp³-hybridized carbons (Fsp3) is 1.00. The highest BCUT2D eigenvalue weighted by molar-refractivity contribution is 14.1. The largest absolute Gasteiger partial charge is 0.433 e. The number of hydrogen-bond acceptors (Lipinski definition) is 2. The van der Waals surface area contributed by atoms with Gasteiger partial charge in [-0.25, -0.2) is 9.47 Å². The summed E-state index contributed by atoms with van der Waals surface area (Å²) in [5.74, 6) is -15.9. The molecule has 0 amide bonds. The molecule has 0 fully saturated rings. The minimum atomic E-state index is -7.97. The van der Waals surface area contributed by atoms with Crippen LogP contribution in [0.5, 0.6) is 0 Å². The van der Waals surface area contributed by atoms with Gasteiger partial charge in [0.2, 0.25) is 0 Å². The molecule has 0 aliphatic carbocycles. The molecule has 0 rings (SSSR count). The first-order valence-corrected chi connectivity index (χ1v) is 7.63. The first-order chi connectivity index (χ1) is 11.7. The van der Waals surface area contributed by atoms with Crippen molar-refractivity contribution in [1.82, 2.24) is 0 Å². The quantitative estimate of drug-likeness (QED) is 0.153. The average Bonchev–Trinajstić information content (AvgIpc) is 2.32. The Morgan fingerprint density at radius 3 is 0.679 bits per heavy atom. The van der Waals surface area contributed by atoms with Crippen LogP contribution in [0.25, 0.3) is 0 Å². The third-order valence-electron chi connectivity index (χ3n) is 2.30. The van der Waals surface area contributed by atoms with Crippen LogP contribution in [0.3, 0.4) is 0 Å². The van der Waals surface area contributed by atoms with Gasteiger partial charge in [0, 0.05) is 45.2 Å². The lowest BCUT2D eigenvalue weighted by molar-refractivity contribution is -0.521. The van der Waals surface area contributed by atoms with Gasteiger partial charge in [0.15, 0.2) is 0 Å². The number of ether oxygens (including phenoxy) is 2. The highest BCUT2D eigenvalue weighted by Crippen LogP contribution is 2.57. The molecule has 2 nitrogen and oxygen atoms in total. The summed E-state index contributed by atoms with van der Waals surface area (Å²) in [6.07, 6.45) is -28.5. The normalized spacial score (nSPS) is 16.5. The smallest absolute Gasteiger partial charge is 0.245 e. The Morgan fingerprint density at radius 2 is 0.536 bits per heavy atom. The van der Waals surface area contributed by atoms with Crippen LogP contribution < -0.4 is 0 Å². The molecule has 28 heavy (non-hydrogen) atoms. The maximum Gasteiger partial charge on any atom is 0.433 e. The van der Waals surface area contributed by atoms with Gasteiger partial charge < -0.3 is 0 Å². The number of rotatable bonds is 9. The molecule has 0 aromatic heterocycles. The third kappa shape index (κ3) is 5.11. The summed E-state index contributed by atoms with van der Waals surface area (Å²) in [4.78, 5) is 0. The molecule has 0 radical (unpaired) electrons. The van der Waals surface area contributed by atoms with E-state index < -0.39 is 89.3 Å². The van der Waals surface area contributed by atoms with Crippen molar-refractivity contribution < 1.29 is 79.7 Å². The van der Waals surface area contributed by atoms with Gasteiger partial charge in [0.05, 0.1) is 0 Å². The molecule has 0 aliphatic heterocycles. The van der Waals surface area contributed by atoms with Crippen LogP contribution in [0, 0.1) is 0 Å². The first-order valence-electron chi connectivity index (χ1n) is 5.47. The van der Waals surface area contributed by atoms with Gasteiger partial charge in [-0.05, 0) is 0 Å². The zero-order valence-electron chi connectivity index (χ0n) is 11.6. The van der Waals surface area contributed by atoms with Crippen molar-refractivity contribution in [3.8, 4) is 0 Å². The number of halogens is 18. The van der Waals surface area contributed by atoms with Crippen molar-refractivity contribution in [2.75, 3.05) is 0 Å². The summed E-state index contributed by atoms with van der Waals surface area (Å²) in [6, 6.07) is 0. The Kier molecular flexibility index (Phi) is 7.51. The number of hydrogen-bond donors (Lipinski definition) is 0. The lowest BCUT2D eigenvalue weighted by Gasteiger charge is -2.38. The molecule has 0 bridgehead atoms. The molecule has 0 saturated heterocycles.